The van der Waals surface area contributed by atoms with Crippen molar-refractivity contribution >= 4 is 0 Å². The van der Waals surface area contributed by atoms with E-state index in [1.54, 1.807) is 0 Å². The SMILES string of the molecule is C[C@@H]1C[NH2+]C[C@H](C)C1. The number of hydrogen-bond donors (Lipinski definition) is 1. The Kier molecular flexibility index (Phi) is 1.90. The number of nitrogens with two attached hydrogens (primary N) is 1. The van der Waals surface area contributed by atoms with E-state index in [0.717, 1.165) is 11.8 Å². The van der Waals surface area contributed by atoms with Crippen LogP contribution in [0.5, 0.6) is 0 Å². The van der Waals surface area contributed by atoms with Crippen LogP contribution in [0.15, 0.2) is 0 Å². The van der Waals surface area contributed by atoms with E-state index < -0.39 is 0 Å². The molecule has 1 aliphatic heterocycles. The number of hydrogen-bond acceptors (Lipinski definition) is 0. The molecule has 1 heterocycles. The second-order valence-electron chi connectivity index (χ2n) is 3.21. The third kappa shape index (κ3) is 1.48. The van der Waals surface area contributed by atoms with Crippen molar-refractivity contribution < 1.29 is 5.32 Å². The number of quaternary nitrogens is 1. The Morgan fingerprint density at radius 1 is 1.12 bits per heavy atom. The molecule has 1 saturated heterocycles. The fraction of sp³-hybridized carbons (Fsp3) is 1.00. The van der Waals surface area contributed by atoms with Crippen molar-refractivity contribution in [3.8, 4) is 0 Å². The summed E-state index contributed by atoms with van der Waals surface area (Å²) in [7, 11) is 0. The molecule has 0 spiro atoms. The molecule has 0 saturated carbocycles. The van der Waals surface area contributed by atoms with Gasteiger partial charge in [-0.2, -0.15) is 0 Å². The maximum atomic E-state index is 2.43. The summed E-state index contributed by atoms with van der Waals surface area (Å²) in [6.45, 7) is 7.38. The van der Waals surface area contributed by atoms with Crippen LogP contribution in [-0.2, 0) is 0 Å². The topological polar surface area (TPSA) is 16.6 Å². The van der Waals surface area contributed by atoms with Gasteiger partial charge in [0.05, 0.1) is 13.1 Å². The molecule has 0 bridgehead atoms. The molecule has 2 N–H and O–H groups in total. The third-order valence-electron chi connectivity index (χ3n) is 1.94. The van der Waals surface area contributed by atoms with E-state index in [1.807, 2.05) is 0 Å². The molecule has 8 heavy (non-hydrogen) atoms. The molecule has 0 aromatic carbocycles. The van der Waals surface area contributed by atoms with Crippen LogP contribution in [0.25, 0.3) is 0 Å². The standard InChI is InChI=1S/C7H15N/c1-6-3-7(2)5-8-4-6/h6-8H,3-5H2,1-2H3/p+1/t6-,7+. The second-order valence-corrected chi connectivity index (χ2v) is 3.21. The van der Waals surface area contributed by atoms with E-state index in [-0.39, 0.29) is 0 Å². The lowest BCUT2D eigenvalue weighted by molar-refractivity contribution is -0.674. The van der Waals surface area contributed by atoms with Crippen LogP contribution >= 0.6 is 0 Å². The van der Waals surface area contributed by atoms with Crippen molar-refractivity contribution in [2.75, 3.05) is 13.1 Å². The first-order valence-electron chi connectivity index (χ1n) is 3.60. The highest BCUT2D eigenvalue weighted by Gasteiger charge is 2.16. The molecule has 1 fully saturated rings. The first-order valence-corrected chi connectivity index (χ1v) is 3.60. The van der Waals surface area contributed by atoms with Crippen LogP contribution in [0, 0.1) is 11.8 Å². The van der Waals surface area contributed by atoms with Gasteiger partial charge in [-0.25, -0.2) is 0 Å². The first-order chi connectivity index (χ1) is 3.79. The third-order valence-corrected chi connectivity index (χ3v) is 1.94. The van der Waals surface area contributed by atoms with E-state index in [1.165, 1.54) is 19.5 Å². The molecule has 48 valence electrons. The molecule has 0 aliphatic carbocycles. The Bertz CT molecular complexity index is 62.8. The van der Waals surface area contributed by atoms with Crippen molar-refractivity contribution in [1.82, 2.24) is 0 Å². The molecule has 0 amide bonds. The number of piperidine rings is 1. The van der Waals surface area contributed by atoms with Gasteiger partial charge in [0.2, 0.25) is 0 Å². The highest BCUT2D eigenvalue weighted by atomic mass is 14.9. The molecule has 0 radical (unpaired) electrons. The van der Waals surface area contributed by atoms with Crippen LogP contribution in [0.4, 0.5) is 0 Å². The van der Waals surface area contributed by atoms with Crippen LogP contribution in [0.2, 0.25) is 0 Å². The van der Waals surface area contributed by atoms with Gasteiger partial charge >= 0.3 is 0 Å². The molecule has 2 atom stereocenters. The molecule has 0 aromatic rings. The van der Waals surface area contributed by atoms with Crippen molar-refractivity contribution in [2.24, 2.45) is 11.8 Å². The highest BCUT2D eigenvalue weighted by molar-refractivity contribution is 4.59. The van der Waals surface area contributed by atoms with Crippen molar-refractivity contribution in [2.45, 2.75) is 20.3 Å². The minimum atomic E-state index is 0.957. The summed E-state index contributed by atoms with van der Waals surface area (Å²) in [6.07, 6.45) is 1.44. The van der Waals surface area contributed by atoms with Crippen molar-refractivity contribution in [3.05, 3.63) is 0 Å². The molecule has 0 unspecified atom stereocenters. The van der Waals surface area contributed by atoms with Crippen LogP contribution in [-0.4, -0.2) is 13.1 Å². The zero-order valence-corrected chi connectivity index (χ0v) is 5.85. The molecule has 1 nitrogen and oxygen atoms in total. The lowest BCUT2D eigenvalue weighted by Gasteiger charge is -2.21. The van der Waals surface area contributed by atoms with Crippen LogP contribution in [0.3, 0.4) is 0 Å². The van der Waals surface area contributed by atoms with E-state index in [0.29, 0.717) is 0 Å². The molecular formula is C7H16N+. The second kappa shape index (κ2) is 2.49. The minimum Gasteiger partial charge on any atom is -0.346 e. The Morgan fingerprint density at radius 3 is 1.88 bits per heavy atom. The van der Waals surface area contributed by atoms with Gasteiger partial charge in [-0.1, -0.05) is 13.8 Å². The summed E-state index contributed by atoms with van der Waals surface area (Å²) in [5, 5.41) is 2.43. The maximum Gasteiger partial charge on any atom is 0.0781 e. The maximum absolute atomic E-state index is 2.43. The lowest BCUT2D eigenvalue weighted by atomic mass is 9.94. The normalized spacial score (nSPS) is 39.8. The Labute approximate surface area is 51.5 Å². The molecular weight excluding hydrogens is 98.1 g/mol. The fourth-order valence-electron chi connectivity index (χ4n) is 1.54. The molecule has 0 aromatic heterocycles. The summed E-state index contributed by atoms with van der Waals surface area (Å²) < 4.78 is 0. The van der Waals surface area contributed by atoms with Crippen LogP contribution in [0.1, 0.15) is 20.3 Å². The van der Waals surface area contributed by atoms with Gasteiger partial charge in [0.15, 0.2) is 0 Å². The Balaban J connectivity index is 2.23. The van der Waals surface area contributed by atoms with Gasteiger partial charge in [0, 0.05) is 11.8 Å². The monoisotopic (exact) mass is 114 g/mol. The average Bonchev–Trinajstić information content (AvgIpc) is 1.64. The summed E-state index contributed by atoms with van der Waals surface area (Å²) in [4.78, 5) is 0. The van der Waals surface area contributed by atoms with E-state index in [4.69, 9.17) is 0 Å². The van der Waals surface area contributed by atoms with Gasteiger partial charge in [0.25, 0.3) is 0 Å². The largest absolute Gasteiger partial charge is 0.346 e. The fourth-order valence-corrected chi connectivity index (χ4v) is 1.54. The summed E-state index contributed by atoms with van der Waals surface area (Å²) in [5.74, 6) is 1.91. The van der Waals surface area contributed by atoms with Crippen molar-refractivity contribution in [1.29, 1.82) is 0 Å². The minimum absolute atomic E-state index is 0.957. The Hall–Kier alpha value is -0.0400. The average molecular weight is 114 g/mol. The van der Waals surface area contributed by atoms with Gasteiger partial charge in [0.1, 0.15) is 0 Å². The van der Waals surface area contributed by atoms with Crippen molar-refractivity contribution in [3.63, 3.8) is 0 Å². The first kappa shape index (κ1) is 6.09. The van der Waals surface area contributed by atoms with Gasteiger partial charge < -0.3 is 5.32 Å². The lowest BCUT2D eigenvalue weighted by Crippen LogP contribution is -2.88. The smallest absolute Gasteiger partial charge is 0.0781 e. The molecule has 1 heteroatoms. The van der Waals surface area contributed by atoms with E-state index >= 15 is 0 Å². The predicted octanol–water partition coefficient (Wildman–Crippen LogP) is 0.226. The van der Waals surface area contributed by atoms with E-state index in [2.05, 4.69) is 19.2 Å². The summed E-state index contributed by atoms with van der Waals surface area (Å²) in [5.41, 5.74) is 0. The quantitative estimate of drug-likeness (QED) is 0.464. The van der Waals surface area contributed by atoms with E-state index in [9.17, 15) is 0 Å². The van der Waals surface area contributed by atoms with Gasteiger partial charge in [-0.15, -0.1) is 0 Å². The summed E-state index contributed by atoms with van der Waals surface area (Å²) in [6, 6.07) is 0. The predicted molar refractivity (Wildman–Crippen MR) is 34.6 cm³/mol. The zero-order chi connectivity index (χ0) is 5.98. The Morgan fingerprint density at radius 2 is 1.62 bits per heavy atom. The van der Waals surface area contributed by atoms with Crippen LogP contribution < -0.4 is 5.32 Å². The van der Waals surface area contributed by atoms with Gasteiger partial charge in [-0.3, -0.25) is 0 Å². The van der Waals surface area contributed by atoms with Gasteiger partial charge in [-0.05, 0) is 6.42 Å². The molecule has 1 rings (SSSR count). The summed E-state index contributed by atoms with van der Waals surface area (Å²) >= 11 is 0. The molecule has 1 aliphatic rings. The highest BCUT2D eigenvalue weighted by Crippen LogP contribution is 2.10. The zero-order valence-electron chi connectivity index (χ0n) is 5.85. The number of rotatable bonds is 0.